The summed E-state index contributed by atoms with van der Waals surface area (Å²) in [5, 5.41) is 0. The van der Waals surface area contributed by atoms with Crippen LogP contribution in [-0.2, 0) is 4.74 Å². The van der Waals surface area contributed by atoms with Crippen LogP contribution in [0.25, 0.3) is 0 Å². The highest BCUT2D eigenvalue weighted by molar-refractivity contribution is 5.32. The molecule has 0 heterocycles. The first-order valence-corrected chi connectivity index (χ1v) is 12.0. The Morgan fingerprint density at radius 2 is 1.35 bits per heavy atom. The summed E-state index contributed by atoms with van der Waals surface area (Å²) >= 11 is 0. The van der Waals surface area contributed by atoms with Crippen molar-refractivity contribution in [2.24, 2.45) is 17.8 Å². The maximum Gasteiger partial charge on any atom is 0.400 e. The second-order valence-electron chi connectivity index (χ2n) is 9.32. The second-order valence-corrected chi connectivity index (χ2v) is 9.32. The van der Waals surface area contributed by atoms with E-state index in [2.05, 4.69) is 11.7 Å². The SMILES string of the molecule is CCCC1CCC(C(F)(F)OC2CCC(C(F)(F)Oc3ccc(OC=C(F)F)cc3)CC2)CC1. The first kappa shape index (κ1) is 26.7. The third-order valence-corrected chi connectivity index (χ3v) is 6.85. The molecule has 2 fully saturated rings. The minimum absolute atomic E-state index is 0.00124. The van der Waals surface area contributed by atoms with E-state index in [1.807, 2.05) is 0 Å². The first-order valence-electron chi connectivity index (χ1n) is 12.0. The van der Waals surface area contributed by atoms with Crippen LogP contribution in [0, 0.1) is 17.8 Å². The summed E-state index contributed by atoms with van der Waals surface area (Å²) in [6.07, 6.45) is -4.51. The van der Waals surface area contributed by atoms with Crippen LogP contribution in [0.2, 0.25) is 0 Å². The number of halogens is 6. The maximum atomic E-state index is 14.7. The first-order chi connectivity index (χ1) is 16.1. The van der Waals surface area contributed by atoms with E-state index < -0.39 is 36.2 Å². The Morgan fingerprint density at radius 3 is 1.91 bits per heavy atom. The molecule has 0 amide bonds. The van der Waals surface area contributed by atoms with E-state index in [-0.39, 0.29) is 43.4 Å². The van der Waals surface area contributed by atoms with Crippen LogP contribution in [0.4, 0.5) is 26.3 Å². The quantitative estimate of drug-likeness (QED) is 0.241. The van der Waals surface area contributed by atoms with E-state index >= 15 is 0 Å². The molecule has 0 spiro atoms. The van der Waals surface area contributed by atoms with E-state index in [4.69, 9.17) is 9.47 Å². The molecule has 2 aliphatic rings. The van der Waals surface area contributed by atoms with Gasteiger partial charge in [0.05, 0.1) is 17.9 Å². The van der Waals surface area contributed by atoms with Crippen LogP contribution in [-0.4, -0.2) is 18.3 Å². The normalized spacial score (nSPS) is 26.1. The molecule has 1 aromatic rings. The smallest absolute Gasteiger partial charge is 0.400 e. The van der Waals surface area contributed by atoms with Gasteiger partial charge in [-0.15, -0.1) is 0 Å². The molecule has 0 radical (unpaired) electrons. The number of benzene rings is 1. The predicted octanol–water partition coefficient (Wildman–Crippen LogP) is 8.55. The second kappa shape index (κ2) is 11.7. The van der Waals surface area contributed by atoms with Gasteiger partial charge < -0.3 is 14.2 Å². The van der Waals surface area contributed by atoms with Gasteiger partial charge in [-0.3, -0.25) is 0 Å². The zero-order valence-corrected chi connectivity index (χ0v) is 19.3. The zero-order valence-electron chi connectivity index (χ0n) is 19.3. The van der Waals surface area contributed by atoms with Gasteiger partial charge in [0, 0.05) is 0 Å². The van der Waals surface area contributed by atoms with Gasteiger partial charge in [-0.2, -0.15) is 26.3 Å². The van der Waals surface area contributed by atoms with Crippen molar-refractivity contribution in [3.8, 4) is 11.5 Å². The van der Waals surface area contributed by atoms with Crippen LogP contribution in [0.3, 0.4) is 0 Å². The lowest BCUT2D eigenvalue weighted by atomic mass is 9.79. The Bertz CT molecular complexity index is 778. The molecule has 0 N–H and O–H groups in total. The summed E-state index contributed by atoms with van der Waals surface area (Å²) in [4.78, 5) is 0. The van der Waals surface area contributed by atoms with E-state index in [9.17, 15) is 26.3 Å². The van der Waals surface area contributed by atoms with Crippen molar-refractivity contribution in [3.63, 3.8) is 0 Å². The fourth-order valence-electron chi connectivity index (χ4n) is 4.97. The molecule has 34 heavy (non-hydrogen) atoms. The summed E-state index contributed by atoms with van der Waals surface area (Å²) in [6, 6.07) is 4.84. The Morgan fingerprint density at radius 1 is 0.824 bits per heavy atom. The number of hydrogen-bond acceptors (Lipinski definition) is 3. The van der Waals surface area contributed by atoms with Gasteiger partial charge in [0.1, 0.15) is 11.5 Å². The van der Waals surface area contributed by atoms with Gasteiger partial charge in [0.2, 0.25) is 0 Å². The molecular weight excluding hydrogens is 462 g/mol. The van der Waals surface area contributed by atoms with Gasteiger partial charge in [-0.05, 0) is 81.5 Å². The average Bonchev–Trinajstić information content (AvgIpc) is 2.79. The van der Waals surface area contributed by atoms with Gasteiger partial charge in [-0.25, -0.2) is 0 Å². The summed E-state index contributed by atoms with van der Waals surface area (Å²) < 4.78 is 97.5. The van der Waals surface area contributed by atoms with E-state index in [0.717, 1.165) is 25.7 Å². The Labute approximate surface area is 196 Å². The Hall–Kier alpha value is -1.90. The molecule has 0 bridgehead atoms. The molecular formula is C25H32F6O3. The summed E-state index contributed by atoms with van der Waals surface area (Å²) in [6.45, 7) is 2.09. The third-order valence-electron chi connectivity index (χ3n) is 6.85. The van der Waals surface area contributed by atoms with Crippen molar-refractivity contribution in [1.29, 1.82) is 0 Å². The van der Waals surface area contributed by atoms with Crippen molar-refractivity contribution in [3.05, 3.63) is 36.6 Å². The summed E-state index contributed by atoms with van der Waals surface area (Å²) in [5.41, 5.74) is 0. The van der Waals surface area contributed by atoms with Crippen LogP contribution < -0.4 is 9.47 Å². The third kappa shape index (κ3) is 7.55. The van der Waals surface area contributed by atoms with Crippen LogP contribution >= 0.6 is 0 Å². The molecule has 2 saturated carbocycles. The van der Waals surface area contributed by atoms with Gasteiger partial charge in [-0.1, -0.05) is 19.8 Å². The van der Waals surface area contributed by atoms with Crippen molar-refractivity contribution in [2.45, 2.75) is 89.5 Å². The predicted molar refractivity (Wildman–Crippen MR) is 115 cm³/mol. The lowest BCUT2D eigenvalue weighted by Gasteiger charge is -2.38. The van der Waals surface area contributed by atoms with Crippen molar-refractivity contribution >= 4 is 0 Å². The minimum Gasteiger partial charge on any atom is -0.459 e. The molecule has 0 aliphatic heterocycles. The molecule has 2 aliphatic carbocycles. The molecule has 1 aromatic carbocycles. The van der Waals surface area contributed by atoms with E-state index in [0.29, 0.717) is 18.8 Å². The molecule has 192 valence electrons. The molecule has 0 saturated heterocycles. The summed E-state index contributed by atoms with van der Waals surface area (Å²) in [7, 11) is 0. The highest BCUT2D eigenvalue weighted by Crippen LogP contribution is 2.44. The van der Waals surface area contributed by atoms with Crippen molar-refractivity contribution < 1.29 is 40.6 Å². The van der Waals surface area contributed by atoms with E-state index in [1.54, 1.807) is 0 Å². The van der Waals surface area contributed by atoms with Gasteiger partial charge in [0.15, 0.2) is 6.26 Å². The summed E-state index contributed by atoms with van der Waals surface area (Å²) in [5.74, 6) is -1.54. The number of hydrogen-bond donors (Lipinski definition) is 0. The van der Waals surface area contributed by atoms with Crippen molar-refractivity contribution in [2.75, 3.05) is 0 Å². The minimum atomic E-state index is -3.50. The number of alkyl halides is 4. The van der Waals surface area contributed by atoms with Crippen molar-refractivity contribution in [1.82, 2.24) is 0 Å². The Balaban J connectivity index is 1.46. The van der Waals surface area contributed by atoms with Gasteiger partial charge >= 0.3 is 18.3 Å². The Kier molecular flexibility index (Phi) is 9.18. The fourth-order valence-corrected chi connectivity index (χ4v) is 4.97. The van der Waals surface area contributed by atoms with Crippen LogP contribution in [0.15, 0.2) is 36.6 Å². The monoisotopic (exact) mass is 494 g/mol. The van der Waals surface area contributed by atoms with Crippen LogP contribution in [0.1, 0.15) is 71.1 Å². The largest absolute Gasteiger partial charge is 0.459 e. The highest BCUT2D eigenvalue weighted by Gasteiger charge is 2.48. The van der Waals surface area contributed by atoms with Gasteiger partial charge in [0.25, 0.3) is 0 Å². The fraction of sp³-hybridized carbons (Fsp3) is 0.680. The van der Waals surface area contributed by atoms with Crippen LogP contribution in [0.5, 0.6) is 11.5 Å². The van der Waals surface area contributed by atoms with E-state index in [1.165, 1.54) is 24.3 Å². The lowest BCUT2D eigenvalue weighted by Crippen LogP contribution is -2.42. The number of ether oxygens (including phenoxy) is 3. The molecule has 9 heteroatoms. The molecule has 0 unspecified atom stereocenters. The highest BCUT2D eigenvalue weighted by atomic mass is 19.3. The zero-order chi connectivity index (χ0) is 24.8. The average molecular weight is 495 g/mol. The molecule has 3 rings (SSSR count). The topological polar surface area (TPSA) is 27.7 Å². The number of rotatable bonds is 10. The molecule has 3 nitrogen and oxygen atoms in total. The molecule has 0 aromatic heterocycles. The maximum absolute atomic E-state index is 14.7. The lowest BCUT2D eigenvalue weighted by molar-refractivity contribution is -0.306. The standard InChI is InChI=1S/C25H32F6O3/c1-2-3-17-4-6-18(7-5-17)24(28,29)33-21-10-8-19(9-11-21)25(30,31)34-22-14-12-20(13-15-22)32-16-23(26)27/h12-19,21H,2-11H2,1H3. The molecule has 0 atom stereocenters.